The van der Waals surface area contributed by atoms with E-state index in [0.29, 0.717) is 13.0 Å². The predicted molar refractivity (Wildman–Crippen MR) is 81.5 cm³/mol. The van der Waals surface area contributed by atoms with Crippen molar-refractivity contribution in [2.45, 2.75) is 19.1 Å². The van der Waals surface area contributed by atoms with E-state index in [1.54, 1.807) is 0 Å². The van der Waals surface area contributed by atoms with Gasteiger partial charge < -0.3 is 10.1 Å². The number of para-hydroxylation sites is 1. The molecule has 0 aromatic heterocycles. The van der Waals surface area contributed by atoms with Gasteiger partial charge in [0.2, 0.25) is 0 Å². The van der Waals surface area contributed by atoms with Gasteiger partial charge >= 0.3 is 5.97 Å². The van der Waals surface area contributed by atoms with Crippen LogP contribution in [0.25, 0.3) is 0 Å². The quantitative estimate of drug-likeness (QED) is 0.874. The maximum atomic E-state index is 12.1. The summed E-state index contributed by atoms with van der Waals surface area (Å²) in [6.45, 7) is 0.306. The number of ether oxygens (including phenoxy) is 1. The molecule has 0 amide bonds. The lowest BCUT2D eigenvalue weighted by atomic mass is 10.1. The molecule has 20 heavy (non-hydrogen) atoms. The highest BCUT2D eigenvalue weighted by Crippen LogP contribution is 2.25. The van der Waals surface area contributed by atoms with Crippen LogP contribution in [0.2, 0.25) is 0 Å². The standard InChI is InChI=1S/C16H14BrNO2/c17-13-7-5-11(6-8-13)10-20-16(19)15-9-12-3-1-2-4-14(12)18-15/h1-8,15,18H,9-10H2/t15-/m0/s1. The van der Waals surface area contributed by atoms with Gasteiger partial charge in [-0.15, -0.1) is 0 Å². The van der Waals surface area contributed by atoms with Crippen molar-refractivity contribution in [1.82, 2.24) is 0 Å². The molecule has 0 saturated carbocycles. The molecule has 4 heteroatoms. The minimum Gasteiger partial charge on any atom is -0.459 e. The van der Waals surface area contributed by atoms with Crippen LogP contribution in [0.15, 0.2) is 53.0 Å². The fourth-order valence-electron chi connectivity index (χ4n) is 2.28. The average Bonchev–Trinajstić information content (AvgIpc) is 2.90. The molecule has 0 bridgehead atoms. The average molecular weight is 332 g/mol. The number of halogens is 1. The van der Waals surface area contributed by atoms with E-state index in [2.05, 4.69) is 21.2 Å². The molecule has 0 aliphatic carbocycles. The van der Waals surface area contributed by atoms with Gasteiger partial charge in [0, 0.05) is 16.6 Å². The molecule has 0 radical (unpaired) electrons. The van der Waals surface area contributed by atoms with Crippen LogP contribution in [0.5, 0.6) is 0 Å². The molecule has 2 aromatic carbocycles. The molecule has 0 unspecified atom stereocenters. The molecular formula is C16H14BrNO2. The number of hydrogen-bond acceptors (Lipinski definition) is 3. The van der Waals surface area contributed by atoms with E-state index < -0.39 is 0 Å². The molecule has 1 aliphatic heterocycles. The number of benzene rings is 2. The Morgan fingerprint density at radius 2 is 1.95 bits per heavy atom. The van der Waals surface area contributed by atoms with E-state index in [1.807, 2.05) is 48.5 Å². The van der Waals surface area contributed by atoms with Crippen LogP contribution in [-0.2, 0) is 22.6 Å². The molecule has 1 N–H and O–H groups in total. The number of carbonyl (C=O) groups excluding carboxylic acids is 1. The van der Waals surface area contributed by atoms with E-state index in [4.69, 9.17) is 4.74 Å². The third kappa shape index (κ3) is 2.85. The number of rotatable bonds is 3. The van der Waals surface area contributed by atoms with Gasteiger partial charge in [0.15, 0.2) is 0 Å². The molecule has 1 heterocycles. The smallest absolute Gasteiger partial charge is 0.329 e. The molecule has 1 aliphatic rings. The molecule has 0 saturated heterocycles. The molecule has 0 fully saturated rings. The molecule has 0 spiro atoms. The second kappa shape index (κ2) is 5.67. The van der Waals surface area contributed by atoms with Crippen LogP contribution >= 0.6 is 15.9 Å². The zero-order valence-electron chi connectivity index (χ0n) is 10.8. The van der Waals surface area contributed by atoms with Gasteiger partial charge in [-0.05, 0) is 29.3 Å². The Labute approximate surface area is 126 Å². The molecule has 1 atom stereocenters. The summed E-state index contributed by atoms with van der Waals surface area (Å²) in [7, 11) is 0. The lowest BCUT2D eigenvalue weighted by Crippen LogP contribution is -2.28. The Balaban J connectivity index is 1.57. The Morgan fingerprint density at radius 3 is 2.70 bits per heavy atom. The van der Waals surface area contributed by atoms with Crippen LogP contribution in [0.4, 0.5) is 5.69 Å². The lowest BCUT2D eigenvalue weighted by molar-refractivity contribution is -0.145. The normalized spacial score (nSPS) is 16.4. The van der Waals surface area contributed by atoms with Gasteiger partial charge in [0.05, 0.1) is 0 Å². The highest BCUT2D eigenvalue weighted by atomic mass is 79.9. The highest BCUT2D eigenvalue weighted by molar-refractivity contribution is 9.10. The number of fused-ring (bicyclic) bond motifs is 1. The molecular weight excluding hydrogens is 318 g/mol. The van der Waals surface area contributed by atoms with Gasteiger partial charge in [-0.3, -0.25) is 0 Å². The minimum absolute atomic E-state index is 0.205. The maximum absolute atomic E-state index is 12.1. The van der Waals surface area contributed by atoms with E-state index >= 15 is 0 Å². The first-order chi connectivity index (χ1) is 9.72. The summed E-state index contributed by atoms with van der Waals surface area (Å²) in [6.07, 6.45) is 0.690. The minimum atomic E-state index is -0.275. The summed E-state index contributed by atoms with van der Waals surface area (Å²) in [6, 6.07) is 15.4. The predicted octanol–water partition coefficient (Wildman–Crippen LogP) is 3.53. The maximum Gasteiger partial charge on any atom is 0.329 e. The van der Waals surface area contributed by atoms with E-state index in [1.165, 1.54) is 0 Å². The zero-order valence-corrected chi connectivity index (χ0v) is 12.4. The molecule has 102 valence electrons. The third-order valence-electron chi connectivity index (χ3n) is 3.35. The van der Waals surface area contributed by atoms with Crippen molar-refractivity contribution in [3.63, 3.8) is 0 Å². The van der Waals surface area contributed by atoms with Crippen LogP contribution in [0.3, 0.4) is 0 Å². The third-order valence-corrected chi connectivity index (χ3v) is 3.88. The van der Waals surface area contributed by atoms with Crippen molar-refractivity contribution >= 4 is 27.6 Å². The first kappa shape index (κ1) is 13.2. The number of esters is 1. The summed E-state index contributed by atoms with van der Waals surface area (Å²) in [5, 5.41) is 3.20. The van der Waals surface area contributed by atoms with Gasteiger partial charge in [0.25, 0.3) is 0 Å². The fraction of sp³-hybridized carbons (Fsp3) is 0.188. The van der Waals surface area contributed by atoms with Crippen LogP contribution < -0.4 is 5.32 Å². The van der Waals surface area contributed by atoms with E-state index in [0.717, 1.165) is 21.3 Å². The molecule has 2 aromatic rings. The van der Waals surface area contributed by atoms with Crippen molar-refractivity contribution < 1.29 is 9.53 Å². The largest absolute Gasteiger partial charge is 0.459 e. The Kier molecular flexibility index (Phi) is 3.74. The first-order valence-electron chi connectivity index (χ1n) is 6.48. The number of nitrogens with one attached hydrogen (secondary N) is 1. The van der Waals surface area contributed by atoms with Crippen molar-refractivity contribution in [2.24, 2.45) is 0 Å². The Morgan fingerprint density at radius 1 is 1.20 bits per heavy atom. The molecule has 3 rings (SSSR count). The van der Waals surface area contributed by atoms with Crippen LogP contribution in [0, 0.1) is 0 Å². The Bertz CT molecular complexity index is 600. The summed E-state index contributed by atoms with van der Waals surface area (Å²) in [5.74, 6) is -0.205. The van der Waals surface area contributed by atoms with Crippen molar-refractivity contribution in [2.75, 3.05) is 5.32 Å². The number of carbonyl (C=O) groups is 1. The second-order valence-electron chi connectivity index (χ2n) is 4.79. The van der Waals surface area contributed by atoms with Gasteiger partial charge in [-0.1, -0.05) is 46.3 Å². The number of anilines is 1. The fourth-order valence-corrected chi connectivity index (χ4v) is 2.54. The number of hydrogen-bond donors (Lipinski definition) is 1. The summed E-state index contributed by atoms with van der Waals surface area (Å²) >= 11 is 3.38. The Hall–Kier alpha value is -1.81. The summed E-state index contributed by atoms with van der Waals surface area (Å²) in [4.78, 5) is 12.1. The summed E-state index contributed by atoms with van der Waals surface area (Å²) < 4.78 is 6.38. The van der Waals surface area contributed by atoms with Gasteiger partial charge in [0.1, 0.15) is 12.6 Å². The second-order valence-corrected chi connectivity index (χ2v) is 5.71. The van der Waals surface area contributed by atoms with Crippen molar-refractivity contribution in [3.05, 3.63) is 64.1 Å². The lowest BCUT2D eigenvalue weighted by Gasteiger charge is -2.11. The SMILES string of the molecule is O=C(OCc1ccc(Br)cc1)[C@@H]1Cc2ccccc2N1. The van der Waals surface area contributed by atoms with Gasteiger partial charge in [-0.2, -0.15) is 0 Å². The van der Waals surface area contributed by atoms with Gasteiger partial charge in [-0.25, -0.2) is 4.79 Å². The van der Waals surface area contributed by atoms with E-state index in [-0.39, 0.29) is 12.0 Å². The molecule has 3 nitrogen and oxygen atoms in total. The highest BCUT2D eigenvalue weighted by Gasteiger charge is 2.27. The monoisotopic (exact) mass is 331 g/mol. The van der Waals surface area contributed by atoms with Crippen LogP contribution in [-0.4, -0.2) is 12.0 Å². The van der Waals surface area contributed by atoms with Crippen LogP contribution in [0.1, 0.15) is 11.1 Å². The van der Waals surface area contributed by atoms with E-state index in [9.17, 15) is 4.79 Å². The van der Waals surface area contributed by atoms with Crippen molar-refractivity contribution in [1.29, 1.82) is 0 Å². The van der Waals surface area contributed by atoms with Crippen molar-refractivity contribution in [3.8, 4) is 0 Å². The topological polar surface area (TPSA) is 38.3 Å². The zero-order chi connectivity index (χ0) is 13.9. The first-order valence-corrected chi connectivity index (χ1v) is 7.27. The summed E-state index contributed by atoms with van der Waals surface area (Å²) in [5.41, 5.74) is 3.17.